The second kappa shape index (κ2) is 4.87. The predicted octanol–water partition coefficient (Wildman–Crippen LogP) is 2.32. The van der Waals surface area contributed by atoms with Crippen molar-refractivity contribution in [3.05, 3.63) is 36.7 Å². The molecule has 0 unspecified atom stereocenters. The van der Waals surface area contributed by atoms with Gasteiger partial charge in [0.15, 0.2) is 0 Å². The average Bonchev–Trinajstić information content (AvgIpc) is 2.30. The van der Waals surface area contributed by atoms with Gasteiger partial charge < -0.3 is 0 Å². The summed E-state index contributed by atoms with van der Waals surface area (Å²) in [5.74, 6) is 0. The molecule has 0 aliphatic heterocycles. The Kier molecular flexibility index (Phi) is 3.47. The minimum Gasteiger partial charge on any atom is -0.283 e. The minimum atomic E-state index is -3.28. The van der Waals surface area contributed by atoms with Gasteiger partial charge in [0.05, 0.1) is 10.9 Å². The first kappa shape index (κ1) is 12.1. The number of hydrogen-bond donors (Lipinski definition) is 1. The van der Waals surface area contributed by atoms with E-state index in [4.69, 9.17) is 0 Å². The summed E-state index contributed by atoms with van der Waals surface area (Å²) in [5.41, 5.74) is 1.73. The van der Waals surface area contributed by atoms with Crippen LogP contribution in [-0.4, -0.2) is 18.7 Å². The molecule has 0 radical (unpaired) electrons. The van der Waals surface area contributed by atoms with Gasteiger partial charge in [0.1, 0.15) is 0 Å². The molecule has 17 heavy (non-hydrogen) atoms. The van der Waals surface area contributed by atoms with Gasteiger partial charge in [-0.05, 0) is 37.8 Å². The highest BCUT2D eigenvalue weighted by Gasteiger charge is 2.28. The van der Waals surface area contributed by atoms with Gasteiger partial charge in [-0.15, -0.1) is 0 Å². The molecule has 0 spiro atoms. The smallest absolute Gasteiger partial charge is 0.235 e. The van der Waals surface area contributed by atoms with Gasteiger partial charge in [0, 0.05) is 12.4 Å². The van der Waals surface area contributed by atoms with E-state index in [2.05, 4.69) is 16.3 Å². The Morgan fingerprint density at radius 2 is 1.82 bits per heavy atom. The first-order valence-electron chi connectivity index (χ1n) is 5.66. The first-order valence-corrected chi connectivity index (χ1v) is 7.21. The van der Waals surface area contributed by atoms with E-state index in [9.17, 15) is 8.42 Å². The zero-order chi connectivity index (χ0) is 12.3. The van der Waals surface area contributed by atoms with Crippen LogP contribution >= 0.6 is 0 Å². The van der Waals surface area contributed by atoms with Crippen LogP contribution in [0.2, 0.25) is 0 Å². The van der Waals surface area contributed by atoms with Crippen molar-refractivity contribution >= 4 is 15.7 Å². The minimum absolute atomic E-state index is 0.304. The van der Waals surface area contributed by atoms with Crippen molar-refractivity contribution in [2.24, 2.45) is 0 Å². The molecular formula is C12H16N2O2S. The number of nitrogens with zero attached hydrogens (tertiary/aromatic N) is 1. The molecule has 0 aromatic carbocycles. The number of allylic oxidation sites excluding steroid dienone is 1. The van der Waals surface area contributed by atoms with Crippen LogP contribution in [-0.2, 0) is 10.0 Å². The lowest BCUT2D eigenvalue weighted by Crippen LogP contribution is -2.30. The van der Waals surface area contributed by atoms with E-state index < -0.39 is 10.0 Å². The third-order valence-corrected chi connectivity index (χ3v) is 4.89. The van der Waals surface area contributed by atoms with Gasteiger partial charge >= 0.3 is 0 Å². The van der Waals surface area contributed by atoms with Gasteiger partial charge in [0.2, 0.25) is 10.0 Å². The Balaban J connectivity index is 2.07. The van der Waals surface area contributed by atoms with E-state index in [-0.39, 0.29) is 5.25 Å². The van der Waals surface area contributed by atoms with Crippen LogP contribution in [0, 0.1) is 0 Å². The lowest BCUT2D eigenvalue weighted by Gasteiger charge is -2.23. The maximum atomic E-state index is 12.1. The van der Waals surface area contributed by atoms with Gasteiger partial charge in [0.25, 0.3) is 0 Å². The van der Waals surface area contributed by atoms with Gasteiger partial charge in [-0.2, -0.15) is 0 Å². The Hall–Kier alpha value is -1.36. The Bertz CT molecular complexity index is 486. The van der Waals surface area contributed by atoms with E-state index >= 15 is 0 Å². The lowest BCUT2D eigenvalue weighted by molar-refractivity contribution is 0.542. The number of rotatable bonds is 3. The van der Waals surface area contributed by atoms with E-state index in [1.165, 1.54) is 0 Å². The molecule has 1 aliphatic carbocycles. The van der Waals surface area contributed by atoms with Crippen LogP contribution in [0.4, 0.5) is 5.69 Å². The maximum absolute atomic E-state index is 12.1. The van der Waals surface area contributed by atoms with Crippen molar-refractivity contribution in [2.75, 3.05) is 4.72 Å². The standard InChI is InChI=1S/C12H16N2O2S/c1-10-2-4-12(5-3-10)17(15,16)14-11-6-8-13-9-7-11/h6-9,12H,1-5H2,(H,13,14). The maximum Gasteiger partial charge on any atom is 0.235 e. The van der Waals surface area contributed by atoms with Crippen molar-refractivity contribution in [3.8, 4) is 0 Å². The SMILES string of the molecule is C=C1CCC(S(=O)(=O)Nc2ccncc2)CC1. The fraction of sp³-hybridized carbons (Fsp3) is 0.417. The molecule has 2 rings (SSSR count). The zero-order valence-electron chi connectivity index (χ0n) is 9.59. The molecule has 0 amide bonds. The molecule has 1 fully saturated rings. The summed E-state index contributed by atoms with van der Waals surface area (Å²) < 4.78 is 26.8. The fourth-order valence-corrected chi connectivity index (χ4v) is 3.47. The van der Waals surface area contributed by atoms with Crippen LogP contribution in [0.25, 0.3) is 0 Å². The molecule has 1 heterocycles. The Labute approximate surface area is 102 Å². The number of pyridine rings is 1. The van der Waals surface area contributed by atoms with Crippen molar-refractivity contribution in [1.29, 1.82) is 0 Å². The summed E-state index contributed by atoms with van der Waals surface area (Å²) in [4.78, 5) is 3.85. The highest BCUT2D eigenvalue weighted by Crippen LogP contribution is 2.27. The van der Waals surface area contributed by atoms with Crippen LogP contribution in [0.1, 0.15) is 25.7 Å². The third kappa shape index (κ3) is 3.06. The summed E-state index contributed by atoms with van der Waals surface area (Å²) in [6.07, 6.45) is 6.09. The number of aromatic nitrogens is 1. The molecule has 1 aliphatic rings. The van der Waals surface area contributed by atoms with Crippen molar-refractivity contribution < 1.29 is 8.42 Å². The second-order valence-electron chi connectivity index (χ2n) is 4.33. The van der Waals surface area contributed by atoms with Gasteiger partial charge in [-0.3, -0.25) is 9.71 Å². The molecule has 0 atom stereocenters. The van der Waals surface area contributed by atoms with Gasteiger partial charge in [-0.1, -0.05) is 12.2 Å². The molecule has 1 aromatic rings. The molecule has 4 nitrogen and oxygen atoms in total. The van der Waals surface area contributed by atoms with Crippen LogP contribution in [0.5, 0.6) is 0 Å². The predicted molar refractivity (Wildman–Crippen MR) is 68.2 cm³/mol. The topological polar surface area (TPSA) is 59.1 Å². The van der Waals surface area contributed by atoms with Crippen LogP contribution in [0.15, 0.2) is 36.7 Å². The van der Waals surface area contributed by atoms with E-state index in [0.717, 1.165) is 18.4 Å². The summed E-state index contributed by atoms with van der Waals surface area (Å²) in [6.45, 7) is 3.89. The summed E-state index contributed by atoms with van der Waals surface area (Å²) in [5, 5.41) is -0.304. The normalized spacial score (nSPS) is 18.0. The average molecular weight is 252 g/mol. The zero-order valence-corrected chi connectivity index (χ0v) is 10.4. The largest absolute Gasteiger partial charge is 0.283 e. The van der Waals surface area contributed by atoms with E-state index in [1.54, 1.807) is 24.5 Å². The molecule has 5 heteroatoms. The van der Waals surface area contributed by atoms with Crippen molar-refractivity contribution in [2.45, 2.75) is 30.9 Å². The molecule has 0 bridgehead atoms. The highest BCUT2D eigenvalue weighted by molar-refractivity contribution is 7.93. The summed E-state index contributed by atoms with van der Waals surface area (Å²) >= 11 is 0. The molecule has 1 saturated carbocycles. The number of anilines is 1. The quantitative estimate of drug-likeness (QED) is 0.840. The monoisotopic (exact) mass is 252 g/mol. The molecule has 1 aromatic heterocycles. The van der Waals surface area contributed by atoms with Crippen LogP contribution in [0.3, 0.4) is 0 Å². The third-order valence-electron chi connectivity index (χ3n) is 3.02. The Morgan fingerprint density at radius 1 is 1.24 bits per heavy atom. The van der Waals surface area contributed by atoms with E-state index in [1.807, 2.05) is 0 Å². The number of hydrogen-bond acceptors (Lipinski definition) is 3. The lowest BCUT2D eigenvalue weighted by atomic mass is 9.96. The van der Waals surface area contributed by atoms with Gasteiger partial charge in [-0.25, -0.2) is 8.42 Å². The number of sulfonamides is 1. The summed E-state index contributed by atoms with van der Waals surface area (Å²) in [7, 11) is -3.28. The second-order valence-corrected chi connectivity index (χ2v) is 6.29. The van der Waals surface area contributed by atoms with Crippen LogP contribution < -0.4 is 4.72 Å². The van der Waals surface area contributed by atoms with Crippen molar-refractivity contribution in [3.63, 3.8) is 0 Å². The first-order chi connectivity index (χ1) is 8.08. The molecule has 0 saturated heterocycles. The highest BCUT2D eigenvalue weighted by atomic mass is 32.2. The molecule has 92 valence electrons. The van der Waals surface area contributed by atoms with Crippen molar-refractivity contribution in [1.82, 2.24) is 4.98 Å². The summed E-state index contributed by atoms with van der Waals surface area (Å²) in [6, 6.07) is 3.30. The number of nitrogens with one attached hydrogen (secondary N) is 1. The Morgan fingerprint density at radius 3 is 2.41 bits per heavy atom. The molecular weight excluding hydrogens is 236 g/mol. The van der Waals surface area contributed by atoms with E-state index in [0.29, 0.717) is 18.5 Å². The fourth-order valence-electron chi connectivity index (χ4n) is 1.98. The molecule has 1 N–H and O–H groups in total.